The maximum Gasteiger partial charge on any atom is 0.267 e. The Kier molecular flexibility index (Phi) is 9.22. The summed E-state index contributed by atoms with van der Waals surface area (Å²) in [6.45, 7) is 0.466. The lowest BCUT2D eigenvalue weighted by molar-refractivity contribution is -0.117. The Labute approximate surface area is 200 Å². The fraction of sp³-hybridized carbons (Fsp3) is 0.167. The third-order valence-electron chi connectivity index (χ3n) is 4.42. The number of amides is 2. The third-order valence-corrected chi connectivity index (χ3v) is 6.62. The summed E-state index contributed by atoms with van der Waals surface area (Å²) in [4.78, 5) is 26.3. The normalized spacial score (nSPS) is 11.1. The molecule has 0 atom stereocenters. The van der Waals surface area contributed by atoms with Gasteiger partial charge in [-0.25, -0.2) is 0 Å². The first-order chi connectivity index (χ1) is 15.6. The Morgan fingerprint density at radius 1 is 1.09 bits per heavy atom. The molecule has 1 aromatic heterocycles. The Morgan fingerprint density at radius 3 is 2.56 bits per heavy atom. The fourth-order valence-electron chi connectivity index (χ4n) is 2.74. The molecule has 3 aromatic rings. The highest BCUT2D eigenvalue weighted by Crippen LogP contribution is 2.20. The van der Waals surface area contributed by atoms with E-state index in [-0.39, 0.29) is 17.5 Å². The molecule has 0 bridgehead atoms. The van der Waals surface area contributed by atoms with Crippen LogP contribution in [0.1, 0.15) is 20.8 Å². The number of methoxy groups -OCH3 is 1. The summed E-state index contributed by atoms with van der Waals surface area (Å²) in [7, 11) is 1.56. The molecule has 2 N–H and O–H groups in total. The maximum atomic E-state index is 12.8. The summed E-state index contributed by atoms with van der Waals surface area (Å²) in [6.07, 6.45) is 1.68. The fourth-order valence-corrected chi connectivity index (χ4v) is 4.54. The molecule has 0 aliphatic carbocycles. The van der Waals surface area contributed by atoms with Crippen LogP contribution in [0.3, 0.4) is 0 Å². The minimum atomic E-state index is -0.362. The number of ether oxygens (including phenoxy) is 1. The smallest absolute Gasteiger partial charge is 0.267 e. The highest BCUT2D eigenvalue weighted by molar-refractivity contribution is 7.98. The Balaban J connectivity index is 1.57. The van der Waals surface area contributed by atoms with Crippen LogP contribution in [-0.4, -0.2) is 31.2 Å². The molecule has 1 heterocycles. The van der Waals surface area contributed by atoms with Gasteiger partial charge in [-0.3, -0.25) is 9.59 Å². The van der Waals surface area contributed by atoms with E-state index in [1.165, 1.54) is 11.3 Å². The molecule has 32 heavy (non-hydrogen) atoms. The summed E-state index contributed by atoms with van der Waals surface area (Å²) in [5.74, 6) is 1.44. The molecule has 8 heteroatoms. The van der Waals surface area contributed by atoms with Gasteiger partial charge >= 0.3 is 0 Å². The second kappa shape index (κ2) is 12.3. The number of rotatable bonds is 10. The summed E-state index contributed by atoms with van der Waals surface area (Å²) in [5.41, 5.74) is 1.70. The molecule has 0 spiro atoms. The quantitative estimate of drug-likeness (QED) is 0.304. The molecule has 3 rings (SSSR count). The summed E-state index contributed by atoms with van der Waals surface area (Å²) < 4.78 is 5.12. The lowest BCUT2D eigenvalue weighted by atomic mass is 10.2. The largest absolute Gasteiger partial charge is 0.497 e. The lowest BCUT2D eigenvalue weighted by Crippen LogP contribution is -2.35. The molecule has 0 saturated heterocycles. The van der Waals surface area contributed by atoms with Gasteiger partial charge in [-0.15, -0.1) is 11.3 Å². The van der Waals surface area contributed by atoms with Crippen LogP contribution in [-0.2, 0) is 10.5 Å². The minimum absolute atomic E-state index is 0.198. The highest BCUT2D eigenvalue weighted by atomic mass is 35.5. The van der Waals surface area contributed by atoms with Crippen molar-refractivity contribution in [3.05, 3.63) is 92.8 Å². The van der Waals surface area contributed by atoms with E-state index < -0.39 is 0 Å². The van der Waals surface area contributed by atoms with Gasteiger partial charge in [0.2, 0.25) is 0 Å². The van der Waals surface area contributed by atoms with E-state index >= 15 is 0 Å². The van der Waals surface area contributed by atoms with Crippen molar-refractivity contribution in [1.29, 1.82) is 0 Å². The van der Waals surface area contributed by atoms with Crippen molar-refractivity contribution in [3.8, 4) is 5.75 Å². The Morgan fingerprint density at radius 2 is 1.88 bits per heavy atom. The standard InChI is InChI=1S/C24H23ClN2O3S2/c1-30-19-10-8-17(9-11-19)23(28)27-22(15-20-6-4-13-32-20)24(29)26-12-14-31-16-18-5-2-3-7-21(18)25/h2-11,13,15H,12,14,16H2,1H3,(H,26,29)(H,27,28)/b22-15-. The zero-order valence-electron chi connectivity index (χ0n) is 17.5. The van der Waals surface area contributed by atoms with E-state index in [0.717, 1.165) is 27.0 Å². The van der Waals surface area contributed by atoms with Crippen molar-refractivity contribution in [2.75, 3.05) is 19.4 Å². The molecule has 0 unspecified atom stereocenters. The number of hydrogen-bond donors (Lipinski definition) is 2. The minimum Gasteiger partial charge on any atom is -0.497 e. The molecular weight excluding hydrogens is 464 g/mol. The number of nitrogens with one attached hydrogen (secondary N) is 2. The first-order valence-corrected chi connectivity index (χ1v) is 12.3. The lowest BCUT2D eigenvalue weighted by Gasteiger charge is -2.11. The van der Waals surface area contributed by atoms with E-state index in [0.29, 0.717) is 17.9 Å². The molecular formula is C24H23ClN2O3S2. The molecule has 2 aromatic carbocycles. The third kappa shape index (κ3) is 7.15. The van der Waals surface area contributed by atoms with E-state index in [9.17, 15) is 9.59 Å². The van der Waals surface area contributed by atoms with E-state index in [2.05, 4.69) is 10.6 Å². The van der Waals surface area contributed by atoms with Crippen LogP contribution in [0.25, 0.3) is 6.08 Å². The van der Waals surface area contributed by atoms with Gasteiger partial charge < -0.3 is 15.4 Å². The van der Waals surface area contributed by atoms with Gasteiger partial charge in [0.1, 0.15) is 11.4 Å². The number of benzene rings is 2. The van der Waals surface area contributed by atoms with Gasteiger partial charge in [0.25, 0.3) is 11.8 Å². The van der Waals surface area contributed by atoms with E-state index in [4.69, 9.17) is 16.3 Å². The predicted octanol–water partition coefficient (Wildman–Crippen LogP) is 5.23. The van der Waals surface area contributed by atoms with Gasteiger partial charge in [0, 0.05) is 33.5 Å². The Bertz CT molecular complexity index is 1070. The van der Waals surface area contributed by atoms with Gasteiger partial charge in [-0.05, 0) is 53.4 Å². The van der Waals surface area contributed by atoms with Crippen LogP contribution >= 0.6 is 34.7 Å². The SMILES string of the molecule is COc1ccc(C(=O)N/C(=C\c2cccs2)C(=O)NCCSCc2ccccc2Cl)cc1. The van der Waals surface area contributed by atoms with E-state index in [1.54, 1.807) is 49.2 Å². The van der Waals surface area contributed by atoms with Crippen LogP contribution in [0.5, 0.6) is 5.75 Å². The molecule has 0 aliphatic rings. The summed E-state index contributed by atoms with van der Waals surface area (Å²) in [6, 6.07) is 18.2. The van der Waals surface area contributed by atoms with Crippen LogP contribution in [0.15, 0.2) is 71.7 Å². The monoisotopic (exact) mass is 486 g/mol. The molecule has 0 aliphatic heterocycles. The first kappa shape index (κ1) is 23.9. The molecule has 0 fully saturated rings. The molecule has 0 radical (unpaired) electrons. The zero-order valence-corrected chi connectivity index (χ0v) is 19.9. The molecule has 166 valence electrons. The van der Waals surface area contributed by atoms with Crippen molar-refractivity contribution in [3.63, 3.8) is 0 Å². The average Bonchev–Trinajstić information content (AvgIpc) is 3.32. The summed E-state index contributed by atoms with van der Waals surface area (Å²) >= 11 is 9.34. The van der Waals surface area contributed by atoms with Gasteiger partial charge in [0.15, 0.2) is 0 Å². The molecule has 2 amide bonds. The number of thiophene rings is 1. The molecule has 5 nitrogen and oxygen atoms in total. The highest BCUT2D eigenvalue weighted by Gasteiger charge is 2.15. The van der Waals surface area contributed by atoms with Crippen molar-refractivity contribution < 1.29 is 14.3 Å². The predicted molar refractivity (Wildman–Crippen MR) is 133 cm³/mol. The second-order valence-electron chi connectivity index (χ2n) is 6.66. The van der Waals surface area contributed by atoms with Crippen molar-refractivity contribution >= 4 is 52.6 Å². The van der Waals surface area contributed by atoms with Crippen LogP contribution in [0.2, 0.25) is 5.02 Å². The number of halogens is 1. The molecule has 0 saturated carbocycles. The Hall–Kier alpha value is -2.74. The van der Waals surface area contributed by atoms with Crippen LogP contribution < -0.4 is 15.4 Å². The van der Waals surface area contributed by atoms with Crippen molar-refractivity contribution in [1.82, 2.24) is 10.6 Å². The maximum absolute atomic E-state index is 12.8. The van der Waals surface area contributed by atoms with Gasteiger partial charge in [0.05, 0.1) is 7.11 Å². The average molecular weight is 487 g/mol. The second-order valence-corrected chi connectivity index (χ2v) is 9.15. The van der Waals surface area contributed by atoms with E-state index in [1.807, 2.05) is 41.8 Å². The number of carbonyl (C=O) groups is 2. The van der Waals surface area contributed by atoms with Crippen LogP contribution in [0.4, 0.5) is 0 Å². The summed E-state index contributed by atoms with van der Waals surface area (Å²) in [5, 5.41) is 8.27. The zero-order chi connectivity index (χ0) is 22.8. The van der Waals surface area contributed by atoms with Crippen molar-refractivity contribution in [2.24, 2.45) is 0 Å². The first-order valence-electron chi connectivity index (χ1n) is 9.87. The number of thioether (sulfide) groups is 1. The topological polar surface area (TPSA) is 67.4 Å². The van der Waals surface area contributed by atoms with Crippen LogP contribution in [0, 0.1) is 0 Å². The van der Waals surface area contributed by atoms with Crippen molar-refractivity contribution in [2.45, 2.75) is 5.75 Å². The number of carbonyl (C=O) groups excluding carboxylic acids is 2. The van der Waals surface area contributed by atoms with Gasteiger partial charge in [-0.1, -0.05) is 35.9 Å². The van der Waals surface area contributed by atoms with Gasteiger partial charge in [-0.2, -0.15) is 11.8 Å². The number of hydrogen-bond acceptors (Lipinski definition) is 5.